The maximum atomic E-state index is 4.17. The molecule has 2 heteroatoms. The Bertz CT molecular complexity index is 147. The van der Waals surface area contributed by atoms with Gasteiger partial charge in [0.1, 0.15) is 5.84 Å². The lowest BCUT2D eigenvalue weighted by atomic mass is 10.4. The van der Waals surface area contributed by atoms with Crippen LogP contribution in [0.15, 0.2) is 17.3 Å². The fraction of sp³-hybridized carbons (Fsp3) is 0.571. The maximum Gasteiger partial charge on any atom is 0.101 e. The molecule has 0 saturated carbocycles. The molecule has 0 bridgehead atoms. The van der Waals surface area contributed by atoms with Gasteiger partial charge in [0.05, 0.1) is 0 Å². The summed E-state index contributed by atoms with van der Waals surface area (Å²) in [5.74, 6) is 1.10. The minimum atomic E-state index is 1.09. The molecule has 0 spiro atoms. The van der Waals surface area contributed by atoms with Crippen molar-refractivity contribution in [2.75, 3.05) is 13.6 Å². The molecule has 0 unspecified atom stereocenters. The first-order valence-corrected chi connectivity index (χ1v) is 3.21. The van der Waals surface area contributed by atoms with Crippen LogP contribution in [0.3, 0.4) is 0 Å². The largest absolute Gasteiger partial charge is 0.363 e. The molecular formula is C7H12N2. The van der Waals surface area contributed by atoms with Crippen molar-refractivity contribution in [3.63, 3.8) is 0 Å². The van der Waals surface area contributed by atoms with Crippen LogP contribution in [0.5, 0.6) is 0 Å². The molecule has 0 aliphatic carbocycles. The van der Waals surface area contributed by atoms with E-state index in [1.54, 1.807) is 0 Å². The molecule has 1 aliphatic heterocycles. The molecule has 0 aromatic heterocycles. The topological polar surface area (TPSA) is 15.6 Å². The highest BCUT2D eigenvalue weighted by Crippen LogP contribution is 1.97. The minimum absolute atomic E-state index is 1.09. The summed E-state index contributed by atoms with van der Waals surface area (Å²) >= 11 is 0. The van der Waals surface area contributed by atoms with E-state index in [0.717, 1.165) is 18.8 Å². The van der Waals surface area contributed by atoms with E-state index in [1.807, 2.05) is 13.1 Å². The van der Waals surface area contributed by atoms with E-state index in [-0.39, 0.29) is 0 Å². The van der Waals surface area contributed by atoms with Gasteiger partial charge in [0.15, 0.2) is 0 Å². The molecule has 50 valence electrons. The van der Waals surface area contributed by atoms with Crippen molar-refractivity contribution in [3.8, 4) is 0 Å². The monoisotopic (exact) mass is 124 g/mol. The zero-order valence-electron chi connectivity index (χ0n) is 5.96. The van der Waals surface area contributed by atoms with Crippen LogP contribution < -0.4 is 0 Å². The van der Waals surface area contributed by atoms with Crippen molar-refractivity contribution in [2.45, 2.75) is 13.3 Å². The molecule has 0 N–H and O–H groups in total. The van der Waals surface area contributed by atoms with Gasteiger partial charge < -0.3 is 4.90 Å². The normalized spacial score (nSPS) is 19.3. The van der Waals surface area contributed by atoms with Gasteiger partial charge >= 0.3 is 0 Å². The van der Waals surface area contributed by atoms with Crippen molar-refractivity contribution < 1.29 is 0 Å². The maximum absolute atomic E-state index is 4.17. The molecule has 1 heterocycles. The molecule has 0 radical (unpaired) electrons. The average Bonchev–Trinajstić information content (AvgIpc) is 1.99. The van der Waals surface area contributed by atoms with Gasteiger partial charge in [-0.15, -0.1) is 0 Å². The summed E-state index contributed by atoms with van der Waals surface area (Å²) in [4.78, 5) is 6.32. The molecule has 0 saturated heterocycles. The molecule has 0 aromatic rings. The SMILES string of the molecule is CC1=NC=CCCN1C. The summed E-state index contributed by atoms with van der Waals surface area (Å²) in [7, 11) is 2.06. The number of hydrogen-bond donors (Lipinski definition) is 0. The van der Waals surface area contributed by atoms with Gasteiger partial charge in [-0.05, 0) is 13.3 Å². The lowest BCUT2D eigenvalue weighted by Crippen LogP contribution is -2.23. The second-order valence-corrected chi connectivity index (χ2v) is 2.27. The molecular weight excluding hydrogens is 112 g/mol. The number of hydrogen-bond acceptors (Lipinski definition) is 2. The highest BCUT2D eigenvalue weighted by atomic mass is 15.2. The van der Waals surface area contributed by atoms with Gasteiger partial charge in [-0.1, -0.05) is 6.08 Å². The van der Waals surface area contributed by atoms with Crippen LogP contribution in [0, 0.1) is 0 Å². The van der Waals surface area contributed by atoms with Gasteiger partial charge in [-0.25, -0.2) is 4.99 Å². The first-order chi connectivity index (χ1) is 4.30. The predicted octanol–water partition coefficient (Wildman–Crippen LogP) is 1.25. The van der Waals surface area contributed by atoms with E-state index in [4.69, 9.17) is 0 Å². The van der Waals surface area contributed by atoms with Crippen LogP contribution in [0.25, 0.3) is 0 Å². The summed E-state index contributed by atoms with van der Waals surface area (Å²) in [5.41, 5.74) is 0. The first-order valence-electron chi connectivity index (χ1n) is 3.21. The quantitative estimate of drug-likeness (QED) is 0.474. The molecule has 9 heavy (non-hydrogen) atoms. The van der Waals surface area contributed by atoms with E-state index < -0.39 is 0 Å². The molecule has 1 aliphatic rings. The van der Waals surface area contributed by atoms with Crippen molar-refractivity contribution >= 4 is 5.84 Å². The van der Waals surface area contributed by atoms with E-state index in [0.29, 0.717) is 0 Å². The second kappa shape index (κ2) is 2.67. The highest BCUT2D eigenvalue weighted by Gasteiger charge is 1.99. The van der Waals surface area contributed by atoms with Gasteiger partial charge in [0, 0.05) is 19.8 Å². The number of rotatable bonds is 0. The van der Waals surface area contributed by atoms with Gasteiger partial charge in [0.25, 0.3) is 0 Å². The fourth-order valence-electron chi connectivity index (χ4n) is 0.764. The lowest BCUT2D eigenvalue weighted by molar-refractivity contribution is 0.514. The third-order valence-corrected chi connectivity index (χ3v) is 1.55. The Hall–Kier alpha value is -0.790. The summed E-state index contributed by atoms with van der Waals surface area (Å²) < 4.78 is 0. The average molecular weight is 124 g/mol. The van der Waals surface area contributed by atoms with Crippen LogP contribution in [0.1, 0.15) is 13.3 Å². The molecule has 0 fully saturated rings. The van der Waals surface area contributed by atoms with Crippen LogP contribution in [0.2, 0.25) is 0 Å². The van der Waals surface area contributed by atoms with Crippen LogP contribution in [-0.4, -0.2) is 24.3 Å². The fourth-order valence-corrected chi connectivity index (χ4v) is 0.764. The second-order valence-electron chi connectivity index (χ2n) is 2.27. The summed E-state index contributed by atoms with van der Waals surface area (Å²) in [6.45, 7) is 3.11. The van der Waals surface area contributed by atoms with E-state index >= 15 is 0 Å². The van der Waals surface area contributed by atoms with Gasteiger partial charge in [-0.3, -0.25) is 0 Å². The van der Waals surface area contributed by atoms with E-state index in [1.165, 1.54) is 0 Å². The van der Waals surface area contributed by atoms with Crippen LogP contribution in [0.4, 0.5) is 0 Å². The molecule has 0 atom stereocenters. The van der Waals surface area contributed by atoms with Crippen LogP contribution in [-0.2, 0) is 0 Å². The third kappa shape index (κ3) is 1.56. The number of amidine groups is 1. The summed E-state index contributed by atoms with van der Waals surface area (Å²) in [5, 5.41) is 0. The Morgan fingerprint density at radius 1 is 1.67 bits per heavy atom. The Morgan fingerprint density at radius 2 is 2.44 bits per heavy atom. The van der Waals surface area contributed by atoms with Crippen molar-refractivity contribution in [2.24, 2.45) is 4.99 Å². The van der Waals surface area contributed by atoms with Gasteiger partial charge in [-0.2, -0.15) is 0 Å². The molecule has 0 aromatic carbocycles. The van der Waals surface area contributed by atoms with Crippen molar-refractivity contribution in [1.82, 2.24) is 4.90 Å². The summed E-state index contributed by atoms with van der Waals surface area (Å²) in [6.07, 6.45) is 5.07. The van der Waals surface area contributed by atoms with Crippen molar-refractivity contribution in [1.29, 1.82) is 0 Å². The standard InChI is InChI=1S/C7H12N2/c1-7-8-5-3-4-6-9(7)2/h3,5H,4,6H2,1-2H3. The zero-order chi connectivity index (χ0) is 6.69. The van der Waals surface area contributed by atoms with Crippen LogP contribution >= 0.6 is 0 Å². The third-order valence-electron chi connectivity index (χ3n) is 1.55. The zero-order valence-corrected chi connectivity index (χ0v) is 5.96. The summed E-state index contributed by atoms with van der Waals surface area (Å²) in [6, 6.07) is 0. The van der Waals surface area contributed by atoms with E-state index in [9.17, 15) is 0 Å². The Morgan fingerprint density at radius 3 is 3.22 bits per heavy atom. The van der Waals surface area contributed by atoms with Crippen molar-refractivity contribution in [3.05, 3.63) is 12.3 Å². The smallest absolute Gasteiger partial charge is 0.101 e. The highest BCUT2D eigenvalue weighted by molar-refractivity contribution is 5.80. The Labute approximate surface area is 55.9 Å². The molecule has 1 rings (SSSR count). The number of nitrogens with zero attached hydrogens (tertiary/aromatic N) is 2. The minimum Gasteiger partial charge on any atom is -0.363 e. The van der Waals surface area contributed by atoms with E-state index in [2.05, 4.69) is 23.0 Å². The lowest BCUT2D eigenvalue weighted by Gasteiger charge is -2.14. The molecule has 0 amide bonds. The predicted molar refractivity (Wildman–Crippen MR) is 39.5 cm³/mol. The Balaban J connectivity index is 2.63. The van der Waals surface area contributed by atoms with Gasteiger partial charge in [0.2, 0.25) is 0 Å². The Kier molecular flexibility index (Phi) is 1.88. The first kappa shape index (κ1) is 6.33. The molecule has 2 nitrogen and oxygen atoms in total. The number of aliphatic imine (C=N–C) groups is 1.